The van der Waals surface area contributed by atoms with Gasteiger partial charge in [0.15, 0.2) is 5.96 Å². The molecule has 152 valence electrons. The first kappa shape index (κ1) is 20.3. The van der Waals surface area contributed by atoms with E-state index in [2.05, 4.69) is 57.1 Å². The summed E-state index contributed by atoms with van der Waals surface area (Å²) >= 11 is 1.80. The maximum atomic E-state index is 5.40. The van der Waals surface area contributed by atoms with Gasteiger partial charge in [-0.25, -0.2) is 0 Å². The first-order chi connectivity index (χ1) is 13.6. The van der Waals surface area contributed by atoms with Gasteiger partial charge in [-0.15, -0.1) is 11.3 Å². The molecule has 6 nitrogen and oxygen atoms in total. The molecule has 0 amide bonds. The molecule has 2 aromatic rings. The average Bonchev–Trinajstić information content (AvgIpc) is 3.42. The van der Waals surface area contributed by atoms with Crippen molar-refractivity contribution >= 4 is 23.0 Å². The first-order valence-electron chi connectivity index (χ1n) is 9.61. The Kier molecular flexibility index (Phi) is 7.03. The molecule has 1 aromatic carbocycles. The molecule has 0 bridgehead atoms. The van der Waals surface area contributed by atoms with Gasteiger partial charge >= 0.3 is 0 Å². The summed E-state index contributed by atoms with van der Waals surface area (Å²) in [4.78, 5) is 8.14. The van der Waals surface area contributed by atoms with Gasteiger partial charge in [0.2, 0.25) is 0 Å². The van der Waals surface area contributed by atoms with Crippen molar-refractivity contribution in [2.24, 2.45) is 4.99 Å². The van der Waals surface area contributed by atoms with Crippen LogP contribution in [0.2, 0.25) is 0 Å². The lowest BCUT2D eigenvalue weighted by Crippen LogP contribution is -2.45. The maximum absolute atomic E-state index is 5.40. The van der Waals surface area contributed by atoms with Crippen LogP contribution in [0.25, 0.3) is 0 Å². The van der Waals surface area contributed by atoms with Gasteiger partial charge in [0.1, 0.15) is 11.5 Å². The molecule has 0 radical (unpaired) electrons. The molecule has 0 saturated carbocycles. The number of anilines is 1. The molecule has 1 fully saturated rings. The highest BCUT2D eigenvalue weighted by Crippen LogP contribution is 2.30. The smallest absolute Gasteiger partial charge is 0.191 e. The van der Waals surface area contributed by atoms with E-state index in [4.69, 9.17) is 9.47 Å². The molecule has 2 heterocycles. The molecular weight excluding hydrogens is 372 g/mol. The van der Waals surface area contributed by atoms with Gasteiger partial charge < -0.3 is 25.0 Å². The van der Waals surface area contributed by atoms with E-state index < -0.39 is 0 Å². The van der Waals surface area contributed by atoms with Crippen LogP contribution in [0.4, 0.5) is 5.69 Å². The van der Waals surface area contributed by atoms with Gasteiger partial charge in [-0.2, -0.15) is 0 Å². The number of nitrogens with zero attached hydrogens (tertiary/aromatic N) is 2. The lowest BCUT2D eigenvalue weighted by molar-refractivity contribution is 0.394. The second-order valence-corrected chi connectivity index (χ2v) is 8.00. The zero-order valence-electron chi connectivity index (χ0n) is 17.1. The monoisotopic (exact) mass is 402 g/mol. The molecule has 1 aromatic heterocycles. The van der Waals surface area contributed by atoms with E-state index in [-0.39, 0.29) is 0 Å². The summed E-state index contributed by atoms with van der Waals surface area (Å²) in [5, 5.41) is 9.15. The van der Waals surface area contributed by atoms with Crippen LogP contribution in [0.3, 0.4) is 0 Å². The lowest BCUT2D eigenvalue weighted by atomic mass is 10.1. The number of hydrogen-bond donors (Lipinski definition) is 2. The highest BCUT2D eigenvalue weighted by molar-refractivity contribution is 7.10. The summed E-state index contributed by atoms with van der Waals surface area (Å²) in [5.74, 6) is 2.94. The van der Waals surface area contributed by atoms with Crippen LogP contribution >= 0.6 is 11.3 Å². The van der Waals surface area contributed by atoms with Crippen LogP contribution in [0.15, 0.2) is 40.7 Å². The molecule has 1 aliphatic heterocycles. The van der Waals surface area contributed by atoms with E-state index in [1.54, 1.807) is 25.6 Å². The fourth-order valence-corrected chi connectivity index (χ4v) is 4.18. The van der Waals surface area contributed by atoms with Crippen molar-refractivity contribution in [3.63, 3.8) is 0 Å². The van der Waals surface area contributed by atoms with E-state index in [0.29, 0.717) is 12.0 Å². The average molecular weight is 403 g/mol. The Morgan fingerprint density at radius 3 is 2.64 bits per heavy atom. The second-order valence-electron chi connectivity index (χ2n) is 7.02. The molecule has 0 spiro atoms. The van der Waals surface area contributed by atoms with Gasteiger partial charge in [0.05, 0.1) is 14.2 Å². The summed E-state index contributed by atoms with van der Waals surface area (Å²) in [6.07, 6.45) is 1.06. The van der Waals surface area contributed by atoms with Crippen molar-refractivity contribution in [2.45, 2.75) is 25.3 Å². The second kappa shape index (κ2) is 9.68. The molecule has 1 aliphatic rings. The van der Waals surface area contributed by atoms with E-state index in [1.165, 1.54) is 4.88 Å². The minimum atomic E-state index is 0.348. The number of aliphatic imine (C=N–C) groups is 1. The third-order valence-corrected chi connectivity index (χ3v) is 6.16. The summed E-state index contributed by atoms with van der Waals surface area (Å²) in [7, 11) is 5.18. The minimum absolute atomic E-state index is 0.348. The third kappa shape index (κ3) is 5.10. The Labute approximate surface area is 171 Å². The van der Waals surface area contributed by atoms with Gasteiger partial charge in [0.25, 0.3) is 0 Å². The van der Waals surface area contributed by atoms with Crippen molar-refractivity contribution in [3.8, 4) is 11.5 Å². The fraction of sp³-hybridized carbons (Fsp3) is 0.476. The first-order valence-corrected chi connectivity index (χ1v) is 10.5. The standard InChI is InChI=1S/C21H30N4O2S/c1-15(20-6-5-9-28-20)13-23-21(22-2)24-16-7-8-25(14-16)17-10-18(26-3)12-19(11-17)27-4/h5-6,9-12,15-16H,7-8,13-14H2,1-4H3,(H2,22,23,24). The summed E-state index contributed by atoms with van der Waals surface area (Å²) in [5.41, 5.74) is 1.12. The van der Waals surface area contributed by atoms with Crippen LogP contribution in [-0.4, -0.2) is 52.9 Å². The zero-order valence-corrected chi connectivity index (χ0v) is 17.9. The Morgan fingerprint density at radius 1 is 1.29 bits per heavy atom. The maximum Gasteiger partial charge on any atom is 0.191 e. The van der Waals surface area contributed by atoms with Crippen molar-refractivity contribution in [3.05, 3.63) is 40.6 Å². The molecule has 3 rings (SSSR count). The summed E-state index contributed by atoms with van der Waals surface area (Å²) < 4.78 is 10.8. The van der Waals surface area contributed by atoms with Crippen LogP contribution in [0.1, 0.15) is 24.1 Å². The van der Waals surface area contributed by atoms with Gasteiger partial charge in [-0.1, -0.05) is 13.0 Å². The number of methoxy groups -OCH3 is 2. The van der Waals surface area contributed by atoms with Crippen LogP contribution in [0.5, 0.6) is 11.5 Å². The Morgan fingerprint density at radius 2 is 2.04 bits per heavy atom. The van der Waals surface area contributed by atoms with Gasteiger partial charge in [-0.05, 0) is 17.9 Å². The minimum Gasteiger partial charge on any atom is -0.497 e. The van der Waals surface area contributed by atoms with E-state index in [9.17, 15) is 0 Å². The normalized spacial score (nSPS) is 18.1. The van der Waals surface area contributed by atoms with Crippen molar-refractivity contribution in [2.75, 3.05) is 45.8 Å². The van der Waals surface area contributed by atoms with Gasteiger partial charge in [0, 0.05) is 67.4 Å². The Balaban J connectivity index is 1.54. The number of thiophene rings is 1. The predicted molar refractivity (Wildman–Crippen MR) is 117 cm³/mol. The molecule has 2 atom stereocenters. The number of hydrogen-bond acceptors (Lipinski definition) is 5. The Hall–Kier alpha value is -2.41. The van der Waals surface area contributed by atoms with Gasteiger partial charge in [-0.3, -0.25) is 4.99 Å². The highest BCUT2D eigenvalue weighted by Gasteiger charge is 2.24. The fourth-order valence-electron chi connectivity index (χ4n) is 3.40. The number of nitrogens with one attached hydrogen (secondary N) is 2. The largest absolute Gasteiger partial charge is 0.497 e. The summed E-state index contributed by atoms with van der Waals surface area (Å²) in [6.45, 7) is 5.00. The summed E-state index contributed by atoms with van der Waals surface area (Å²) in [6, 6.07) is 10.6. The van der Waals surface area contributed by atoms with Crippen molar-refractivity contribution in [1.82, 2.24) is 10.6 Å². The highest BCUT2D eigenvalue weighted by atomic mass is 32.1. The van der Waals surface area contributed by atoms with E-state index >= 15 is 0 Å². The van der Waals surface area contributed by atoms with Crippen LogP contribution in [-0.2, 0) is 0 Å². The number of guanidine groups is 1. The molecule has 0 aliphatic carbocycles. The van der Waals surface area contributed by atoms with Crippen molar-refractivity contribution in [1.29, 1.82) is 0 Å². The van der Waals surface area contributed by atoms with Crippen LogP contribution < -0.4 is 25.0 Å². The third-order valence-electron chi connectivity index (χ3n) is 5.06. The SMILES string of the molecule is CN=C(NCC(C)c1cccs1)NC1CCN(c2cc(OC)cc(OC)c2)C1. The topological polar surface area (TPSA) is 58.1 Å². The molecule has 1 saturated heterocycles. The molecule has 2 N–H and O–H groups in total. The number of ether oxygens (including phenoxy) is 2. The number of rotatable bonds is 7. The molecular formula is C21H30N4O2S. The van der Waals surface area contributed by atoms with E-state index in [1.807, 2.05) is 13.1 Å². The lowest BCUT2D eigenvalue weighted by Gasteiger charge is -2.22. The molecule has 2 unspecified atom stereocenters. The zero-order chi connectivity index (χ0) is 19.9. The van der Waals surface area contributed by atoms with E-state index in [0.717, 1.165) is 49.2 Å². The predicted octanol–water partition coefficient (Wildman–Crippen LogP) is 3.31. The molecule has 7 heteroatoms. The Bertz CT molecular complexity index is 756. The van der Waals surface area contributed by atoms with Crippen molar-refractivity contribution < 1.29 is 9.47 Å². The van der Waals surface area contributed by atoms with Crippen LogP contribution in [0, 0.1) is 0 Å². The molecule has 28 heavy (non-hydrogen) atoms. The number of benzene rings is 1. The quantitative estimate of drug-likeness (QED) is 0.550.